The Hall–Kier alpha value is -2.04. The van der Waals surface area contributed by atoms with Crippen LogP contribution in [0.25, 0.3) is 11.1 Å². The third-order valence-electron chi connectivity index (χ3n) is 7.06. The van der Waals surface area contributed by atoms with Crippen molar-refractivity contribution in [3.63, 3.8) is 0 Å². The first-order valence-electron chi connectivity index (χ1n) is 12.4. The van der Waals surface area contributed by atoms with Gasteiger partial charge in [-0.1, -0.05) is 19.1 Å². The molecule has 4 rings (SSSR count). The number of pyridine rings is 1. The molecule has 2 aromatic rings. The molecule has 1 fully saturated rings. The van der Waals surface area contributed by atoms with E-state index in [4.69, 9.17) is 9.47 Å². The lowest BCUT2D eigenvalue weighted by Crippen LogP contribution is -2.50. The SMILES string of the molecule is C[C@@H]1CN([C@@H](C)CO)S(=O)(=O)c2ccc(-c3cccnc3)cc2O[C@H]1CN(C)CC1CCOCC1. The van der Waals surface area contributed by atoms with Gasteiger partial charge < -0.3 is 19.5 Å². The third kappa shape index (κ3) is 6.03. The number of hydrogen-bond acceptors (Lipinski definition) is 7. The van der Waals surface area contributed by atoms with Gasteiger partial charge >= 0.3 is 0 Å². The number of aliphatic hydroxyl groups is 1. The Morgan fingerprint density at radius 3 is 2.66 bits per heavy atom. The van der Waals surface area contributed by atoms with Crippen molar-refractivity contribution < 1.29 is 23.0 Å². The van der Waals surface area contributed by atoms with E-state index in [2.05, 4.69) is 16.9 Å². The zero-order valence-electron chi connectivity index (χ0n) is 20.8. The van der Waals surface area contributed by atoms with Gasteiger partial charge in [0.15, 0.2) is 0 Å². The van der Waals surface area contributed by atoms with Crippen LogP contribution in [0, 0.1) is 11.8 Å². The molecule has 8 nitrogen and oxygen atoms in total. The predicted octanol–water partition coefficient (Wildman–Crippen LogP) is 2.88. The maximum Gasteiger partial charge on any atom is 0.247 e. The van der Waals surface area contributed by atoms with Crippen LogP contribution in [0.3, 0.4) is 0 Å². The summed E-state index contributed by atoms with van der Waals surface area (Å²) in [5.74, 6) is 0.858. The molecule has 35 heavy (non-hydrogen) atoms. The van der Waals surface area contributed by atoms with Crippen LogP contribution in [-0.2, 0) is 14.8 Å². The number of sulfonamides is 1. The number of hydrogen-bond donors (Lipinski definition) is 1. The Labute approximate surface area is 208 Å². The molecule has 0 unspecified atom stereocenters. The summed E-state index contributed by atoms with van der Waals surface area (Å²) < 4.78 is 40.8. The molecular formula is C26H37N3O5S. The fourth-order valence-electron chi connectivity index (χ4n) is 4.91. The van der Waals surface area contributed by atoms with Crippen molar-refractivity contribution in [2.45, 2.75) is 43.7 Å². The van der Waals surface area contributed by atoms with Gasteiger partial charge in [-0.25, -0.2) is 8.42 Å². The third-order valence-corrected chi connectivity index (χ3v) is 9.08. The van der Waals surface area contributed by atoms with Crippen LogP contribution in [-0.4, -0.2) is 86.4 Å². The number of ether oxygens (including phenoxy) is 2. The molecule has 192 valence electrons. The molecule has 1 saturated heterocycles. The van der Waals surface area contributed by atoms with E-state index in [1.165, 1.54) is 4.31 Å². The van der Waals surface area contributed by atoms with Gasteiger partial charge in [-0.3, -0.25) is 4.98 Å². The molecule has 0 bridgehead atoms. The van der Waals surface area contributed by atoms with E-state index in [1.807, 2.05) is 19.1 Å². The first kappa shape index (κ1) is 26.0. The van der Waals surface area contributed by atoms with E-state index in [0.29, 0.717) is 18.2 Å². The number of aromatic nitrogens is 1. The highest BCUT2D eigenvalue weighted by molar-refractivity contribution is 7.89. The number of benzene rings is 1. The second-order valence-electron chi connectivity index (χ2n) is 9.92. The van der Waals surface area contributed by atoms with Crippen molar-refractivity contribution in [1.82, 2.24) is 14.2 Å². The van der Waals surface area contributed by atoms with Crippen LogP contribution in [0.4, 0.5) is 0 Å². The molecule has 2 aliphatic heterocycles. The topological polar surface area (TPSA) is 92.2 Å². The summed E-state index contributed by atoms with van der Waals surface area (Å²) in [5.41, 5.74) is 1.73. The zero-order valence-corrected chi connectivity index (χ0v) is 21.7. The van der Waals surface area contributed by atoms with Gasteiger partial charge in [0.25, 0.3) is 0 Å². The van der Waals surface area contributed by atoms with Crippen molar-refractivity contribution in [2.75, 3.05) is 46.5 Å². The summed E-state index contributed by atoms with van der Waals surface area (Å²) in [5, 5.41) is 9.84. The van der Waals surface area contributed by atoms with Crippen LogP contribution >= 0.6 is 0 Å². The lowest BCUT2D eigenvalue weighted by molar-refractivity contribution is 0.0402. The number of rotatable bonds is 7. The molecule has 0 amide bonds. The van der Waals surface area contributed by atoms with Crippen LogP contribution in [0.1, 0.15) is 26.7 Å². The van der Waals surface area contributed by atoms with Crippen molar-refractivity contribution >= 4 is 10.0 Å². The van der Waals surface area contributed by atoms with Gasteiger partial charge in [0.1, 0.15) is 16.7 Å². The molecule has 3 atom stereocenters. The van der Waals surface area contributed by atoms with E-state index in [9.17, 15) is 13.5 Å². The molecule has 1 aromatic heterocycles. The Balaban J connectivity index is 1.67. The number of fused-ring (bicyclic) bond motifs is 1. The van der Waals surface area contributed by atoms with Gasteiger partial charge in [0.05, 0.1) is 6.61 Å². The first-order valence-corrected chi connectivity index (χ1v) is 13.8. The van der Waals surface area contributed by atoms with Crippen molar-refractivity contribution in [2.24, 2.45) is 11.8 Å². The average Bonchev–Trinajstić information content (AvgIpc) is 2.86. The Kier molecular flexibility index (Phi) is 8.44. The van der Waals surface area contributed by atoms with Crippen molar-refractivity contribution in [1.29, 1.82) is 0 Å². The largest absolute Gasteiger partial charge is 0.487 e. The number of likely N-dealkylation sites (N-methyl/N-ethyl adjacent to an activating group) is 1. The summed E-state index contributed by atoms with van der Waals surface area (Å²) in [6, 6.07) is 8.46. The minimum Gasteiger partial charge on any atom is -0.487 e. The highest BCUT2D eigenvalue weighted by Gasteiger charge is 2.38. The molecule has 0 aliphatic carbocycles. The smallest absolute Gasteiger partial charge is 0.247 e. The molecule has 9 heteroatoms. The molecule has 1 aromatic carbocycles. The Bertz CT molecular complexity index is 1080. The fraction of sp³-hybridized carbons (Fsp3) is 0.577. The fourth-order valence-corrected chi connectivity index (χ4v) is 6.73. The molecule has 0 spiro atoms. The number of aliphatic hydroxyl groups excluding tert-OH is 1. The monoisotopic (exact) mass is 503 g/mol. The van der Waals surface area contributed by atoms with E-state index in [1.54, 1.807) is 37.5 Å². The second-order valence-corrected chi connectivity index (χ2v) is 11.8. The minimum atomic E-state index is -3.86. The highest BCUT2D eigenvalue weighted by atomic mass is 32.2. The molecule has 0 saturated carbocycles. The van der Waals surface area contributed by atoms with Gasteiger partial charge in [-0.2, -0.15) is 4.31 Å². The van der Waals surface area contributed by atoms with Crippen LogP contribution < -0.4 is 4.74 Å². The maximum atomic E-state index is 13.7. The van der Waals surface area contributed by atoms with Crippen molar-refractivity contribution in [3.05, 3.63) is 42.7 Å². The summed E-state index contributed by atoms with van der Waals surface area (Å²) in [7, 11) is -1.76. The summed E-state index contributed by atoms with van der Waals surface area (Å²) in [6.07, 6.45) is 5.36. The standard InChI is InChI=1S/C26H37N3O5S/c1-19-15-29(20(2)18-30)35(31,32)26-7-6-22(23-5-4-10-27-14-23)13-24(26)34-25(19)17-28(3)16-21-8-11-33-12-9-21/h4-7,10,13-14,19-21,25,30H,8-9,11-12,15-18H2,1-3H3/t19-,20+,25+/m1/s1. The summed E-state index contributed by atoms with van der Waals surface area (Å²) in [6.45, 7) is 7.05. The van der Waals surface area contributed by atoms with E-state index in [-0.39, 0.29) is 30.1 Å². The zero-order chi connectivity index (χ0) is 25.0. The minimum absolute atomic E-state index is 0.0777. The summed E-state index contributed by atoms with van der Waals surface area (Å²) >= 11 is 0. The van der Waals surface area contributed by atoms with Crippen LogP contribution in [0.2, 0.25) is 0 Å². The molecule has 3 heterocycles. The van der Waals surface area contributed by atoms with E-state index >= 15 is 0 Å². The highest BCUT2D eigenvalue weighted by Crippen LogP contribution is 2.36. The van der Waals surface area contributed by atoms with E-state index < -0.39 is 16.1 Å². The lowest BCUT2D eigenvalue weighted by atomic mass is 9.98. The van der Waals surface area contributed by atoms with Crippen molar-refractivity contribution in [3.8, 4) is 16.9 Å². The molecular weight excluding hydrogens is 466 g/mol. The Morgan fingerprint density at radius 1 is 1.20 bits per heavy atom. The van der Waals surface area contributed by atoms with Gasteiger partial charge in [0, 0.05) is 62.8 Å². The van der Waals surface area contributed by atoms with Gasteiger partial charge in [-0.15, -0.1) is 0 Å². The quantitative estimate of drug-likeness (QED) is 0.621. The number of nitrogens with zero attached hydrogens (tertiary/aromatic N) is 3. The summed E-state index contributed by atoms with van der Waals surface area (Å²) in [4.78, 5) is 6.62. The van der Waals surface area contributed by atoms with Crippen LogP contribution in [0.15, 0.2) is 47.6 Å². The molecule has 1 N–H and O–H groups in total. The molecule has 2 aliphatic rings. The maximum absolute atomic E-state index is 13.7. The van der Waals surface area contributed by atoms with E-state index in [0.717, 1.165) is 43.7 Å². The first-order chi connectivity index (χ1) is 16.8. The second kappa shape index (κ2) is 11.3. The lowest BCUT2D eigenvalue weighted by Gasteiger charge is -2.38. The van der Waals surface area contributed by atoms with Gasteiger partial charge in [-0.05, 0) is 56.5 Å². The van der Waals surface area contributed by atoms with Gasteiger partial charge in [0.2, 0.25) is 10.0 Å². The Morgan fingerprint density at radius 2 is 1.97 bits per heavy atom. The normalized spacial score (nSPS) is 24.3. The predicted molar refractivity (Wildman–Crippen MR) is 135 cm³/mol. The average molecular weight is 504 g/mol. The van der Waals surface area contributed by atoms with Crippen LogP contribution in [0.5, 0.6) is 5.75 Å². The molecule has 0 radical (unpaired) electrons.